The summed E-state index contributed by atoms with van der Waals surface area (Å²) >= 11 is 0. The average Bonchev–Trinajstić information content (AvgIpc) is 2.64. The summed E-state index contributed by atoms with van der Waals surface area (Å²) in [5.41, 5.74) is 8.69. The Morgan fingerprint density at radius 1 is 1.33 bits per heavy atom. The number of aromatic amines is 1. The number of rotatable bonds is 2. The number of aryl methyl sites for hydroxylation is 1. The van der Waals surface area contributed by atoms with Gasteiger partial charge < -0.3 is 10.5 Å². The molecule has 0 aliphatic rings. The Kier molecular flexibility index (Phi) is 2.33. The van der Waals surface area contributed by atoms with Crippen molar-refractivity contribution in [3.05, 3.63) is 29.8 Å². The normalized spacial score (nSPS) is 10.3. The molecule has 0 fully saturated rings. The van der Waals surface area contributed by atoms with Crippen LogP contribution in [0.15, 0.2) is 24.3 Å². The topological polar surface area (TPSA) is 63.9 Å². The summed E-state index contributed by atoms with van der Waals surface area (Å²) in [6, 6.07) is 7.70. The highest BCUT2D eigenvalue weighted by Gasteiger charge is 2.05. The number of benzene rings is 1. The van der Waals surface area contributed by atoms with Gasteiger partial charge in [0.15, 0.2) is 0 Å². The number of H-pyrrole nitrogens is 1. The summed E-state index contributed by atoms with van der Waals surface area (Å²) in [5, 5.41) is 6.78. The Bertz CT molecular complexity index is 476. The smallest absolute Gasteiger partial charge is 0.145 e. The van der Waals surface area contributed by atoms with Crippen LogP contribution in [-0.4, -0.2) is 17.3 Å². The van der Waals surface area contributed by atoms with Gasteiger partial charge in [-0.05, 0) is 30.7 Å². The number of hydrogen-bond acceptors (Lipinski definition) is 3. The summed E-state index contributed by atoms with van der Waals surface area (Å²) in [6.45, 7) is 2.02. The van der Waals surface area contributed by atoms with Gasteiger partial charge in [0.05, 0.1) is 12.8 Å². The van der Waals surface area contributed by atoms with Crippen LogP contribution in [0, 0.1) is 6.92 Å². The van der Waals surface area contributed by atoms with Gasteiger partial charge in [0, 0.05) is 11.6 Å². The van der Waals surface area contributed by atoms with Gasteiger partial charge in [-0.2, -0.15) is 5.10 Å². The molecule has 1 aromatic heterocycles. The van der Waals surface area contributed by atoms with Gasteiger partial charge in [-0.1, -0.05) is 0 Å². The highest BCUT2D eigenvalue weighted by molar-refractivity contribution is 5.66. The molecule has 3 N–H and O–H groups in total. The second-order valence-electron chi connectivity index (χ2n) is 3.39. The molecule has 2 rings (SSSR count). The molecule has 1 heterocycles. The molecule has 0 bridgehead atoms. The first-order chi connectivity index (χ1) is 7.20. The molecule has 0 amide bonds. The lowest BCUT2D eigenvalue weighted by Gasteiger charge is -2.05. The van der Waals surface area contributed by atoms with Gasteiger partial charge >= 0.3 is 0 Å². The Hall–Kier alpha value is -1.97. The molecule has 0 saturated carbocycles. The van der Waals surface area contributed by atoms with Gasteiger partial charge in [-0.15, -0.1) is 0 Å². The Labute approximate surface area is 88.1 Å². The van der Waals surface area contributed by atoms with E-state index in [0.717, 1.165) is 22.6 Å². The summed E-state index contributed by atoms with van der Waals surface area (Å²) in [7, 11) is 1.66. The van der Waals surface area contributed by atoms with Crippen molar-refractivity contribution < 1.29 is 4.74 Å². The van der Waals surface area contributed by atoms with E-state index in [2.05, 4.69) is 10.2 Å². The molecule has 1 aromatic carbocycles. The highest BCUT2D eigenvalue weighted by atomic mass is 16.5. The number of anilines is 1. The Balaban J connectivity index is 2.45. The molecular formula is C11H13N3O. The molecule has 2 aromatic rings. The molecular weight excluding hydrogens is 190 g/mol. The van der Waals surface area contributed by atoms with Crippen LogP contribution in [0.1, 0.15) is 5.56 Å². The lowest BCUT2D eigenvalue weighted by Crippen LogP contribution is -1.87. The van der Waals surface area contributed by atoms with Crippen LogP contribution in [0.5, 0.6) is 5.75 Å². The van der Waals surface area contributed by atoms with Crippen molar-refractivity contribution in [2.24, 2.45) is 0 Å². The van der Waals surface area contributed by atoms with Crippen molar-refractivity contribution in [2.75, 3.05) is 12.8 Å². The van der Waals surface area contributed by atoms with E-state index < -0.39 is 0 Å². The predicted octanol–water partition coefficient (Wildman–Crippen LogP) is 1.98. The fourth-order valence-electron chi connectivity index (χ4n) is 1.54. The van der Waals surface area contributed by atoms with Crippen LogP contribution in [0.3, 0.4) is 0 Å². The van der Waals surface area contributed by atoms with Crippen LogP contribution in [-0.2, 0) is 0 Å². The first-order valence-corrected chi connectivity index (χ1v) is 4.66. The predicted molar refractivity (Wildman–Crippen MR) is 59.7 cm³/mol. The molecule has 0 aliphatic heterocycles. The van der Waals surface area contributed by atoms with E-state index in [1.54, 1.807) is 7.11 Å². The van der Waals surface area contributed by atoms with Crippen molar-refractivity contribution >= 4 is 5.82 Å². The van der Waals surface area contributed by atoms with E-state index in [9.17, 15) is 0 Å². The van der Waals surface area contributed by atoms with Crippen molar-refractivity contribution in [3.8, 4) is 17.0 Å². The number of aromatic nitrogens is 2. The number of nitrogens with two attached hydrogens (primary N) is 1. The maximum Gasteiger partial charge on any atom is 0.145 e. The van der Waals surface area contributed by atoms with Crippen LogP contribution in [0.25, 0.3) is 11.3 Å². The maximum atomic E-state index is 5.56. The minimum Gasteiger partial charge on any atom is -0.497 e. The third-order valence-corrected chi connectivity index (χ3v) is 2.32. The van der Waals surface area contributed by atoms with Gasteiger partial charge in [0.25, 0.3) is 0 Å². The molecule has 4 nitrogen and oxygen atoms in total. The van der Waals surface area contributed by atoms with Crippen molar-refractivity contribution in [2.45, 2.75) is 6.92 Å². The zero-order valence-corrected chi connectivity index (χ0v) is 8.74. The summed E-state index contributed by atoms with van der Waals surface area (Å²) in [5.74, 6) is 1.35. The molecule has 0 radical (unpaired) electrons. The fourth-order valence-corrected chi connectivity index (χ4v) is 1.54. The van der Waals surface area contributed by atoms with Gasteiger partial charge in [0.1, 0.15) is 11.6 Å². The zero-order valence-electron chi connectivity index (χ0n) is 8.74. The number of nitrogens with zero attached hydrogens (tertiary/aromatic N) is 1. The number of hydrogen-bond donors (Lipinski definition) is 2. The van der Waals surface area contributed by atoms with Crippen LogP contribution in [0.4, 0.5) is 5.82 Å². The van der Waals surface area contributed by atoms with Gasteiger partial charge in [0.2, 0.25) is 0 Å². The molecule has 0 atom stereocenters. The molecule has 15 heavy (non-hydrogen) atoms. The van der Waals surface area contributed by atoms with E-state index in [4.69, 9.17) is 10.5 Å². The largest absolute Gasteiger partial charge is 0.497 e. The third kappa shape index (κ3) is 1.79. The lowest BCUT2D eigenvalue weighted by atomic mass is 10.1. The van der Waals surface area contributed by atoms with Crippen LogP contribution >= 0.6 is 0 Å². The summed E-state index contributed by atoms with van der Waals surface area (Å²) < 4.78 is 5.14. The molecule has 0 spiro atoms. The maximum absolute atomic E-state index is 5.56. The van der Waals surface area contributed by atoms with E-state index in [1.165, 1.54) is 0 Å². The number of nitrogens with one attached hydrogen (secondary N) is 1. The molecule has 0 aliphatic carbocycles. The third-order valence-electron chi connectivity index (χ3n) is 2.32. The molecule has 78 valence electrons. The second kappa shape index (κ2) is 3.65. The number of methoxy groups -OCH3 is 1. The van der Waals surface area contributed by atoms with Gasteiger partial charge in [-0.3, -0.25) is 5.10 Å². The Morgan fingerprint density at radius 3 is 2.67 bits per heavy atom. The van der Waals surface area contributed by atoms with Gasteiger partial charge in [-0.25, -0.2) is 0 Å². The standard InChI is InChI=1S/C11H13N3O/c1-7-5-8(15-2)3-4-9(7)10-6-11(12)14-13-10/h3-6H,1-2H3,(H3,12,13,14). The quantitative estimate of drug-likeness (QED) is 0.784. The summed E-state index contributed by atoms with van der Waals surface area (Å²) in [4.78, 5) is 0. The Morgan fingerprint density at radius 2 is 2.13 bits per heavy atom. The fraction of sp³-hybridized carbons (Fsp3) is 0.182. The van der Waals surface area contributed by atoms with E-state index in [0.29, 0.717) is 5.82 Å². The van der Waals surface area contributed by atoms with Crippen LogP contribution < -0.4 is 10.5 Å². The minimum atomic E-state index is 0.500. The molecule has 0 saturated heterocycles. The number of ether oxygens (including phenoxy) is 1. The lowest BCUT2D eigenvalue weighted by molar-refractivity contribution is 0.414. The monoisotopic (exact) mass is 203 g/mol. The highest BCUT2D eigenvalue weighted by Crippen LogP contribution is 2.25. The second-order valence-corrected chi connectivity index (χ2v) is 3.39. The van der Waals surface area contributed by atoms with Crippen molar-refractivity contribution in [3.63, 3.8) is 0 Å². The molecule has 4 heteroatoms. The number of nitrogen functional groups attached to an aromatic ring is 1. The van der Waals surface area contributed by atoms with E-state index >= 15 is 0 Å². The van der Waals surface area contributed by atoms with Crippen LogP contribution in [0.2, 0.25) is 0 Å². The zero-order chi connectivity index (χ0) is 10.8. The van der Waals surface area contributed by atoms with E-state index in [-0.39, 0.29) is 0 Å². The first kappa shape index (κ1) is 9.58. The molecule has 0 unspecified atom stereocenters. The van der Waals surface area contributed by atoms with Crippen molar-refractivity contribution in [1.82, 2.24) is 10.2 Å². The summed E-state index contributed by atoms with van der Waals surface area (Å²) in [6.07, 6.45) is 0. The average molecular weight is 203 g/mol. The van der Waals surface area contributed by atoms with E-state index in [1.807, 2.05) is 31.2 Å². The van der Waals surface area contributed by atoms with Crippen molar-refractivity contribution in [1.29, 1.82) is 0 Å². The SMILES string of the molecule is COc1ccc(-c2cc(N)n[nH]2)c(C)c1. The first-order valence-electron chi connectivity index (χ1n) is 4.66. The minimum absolute atomic E-state index is 0.500.